The standard InChI is InChI=1S/C20H22N2OS/c1-20(2,3)14-9-10-15-16(12-21)19(24-17(15)11-14)22-18(23)13-7-5-4-6-8-13/h4-8,14H,9-11H2,1-3H3,(H,22,23)/t14-/m0/s1. The number of fused-ring (bicyclic) bond motifs is 1. The highest BCUT2D eigenvalue weighted by molar-refractivity contribution is 7.16. The second-order valence-electron chi connectivity index (χ2n) is 7.45. The molecule has 1 N–H and O–H groups in total. The number of rotatable bonds is 2. The number of hydrogen-bond acceptors (Lipinski definition) is 3. The minimum absolute atomic E-state index is 0.155. The summed E-state index contributed by atoms with van der Waals surface area (Å²) < 4.78 is 0. The number of nitrogens with zero attached hydrogens (tertiary/aromatic N) is 1. The Morgan fingerprint density at radius 3 is 2.62 bits per heavy atom. The van der Waals surface area contributed by atoms with Crippen LogP contribution in [0.5, 0.6) is 0 Å². The van der Waals surface area contributed by atoms with Gasteiger partial charge in [-0.15, -0.1) is 11.3 Å². The third-order valence-electron chi connectivity index (χ3n) is 4.86. The van der Waals surface area contributed by atoms with Gasteiger partial charge in [0.1, 0.15) is 11.1 Å². The molecule has 24 heavy (non-hydrogen) atoms. The largest absolute Gasteiger partial charge is 0.312 e. The monoisotopic (exact) mass is 338 g/mol. The Kier molecular flexibility index (Phi) is 4.47. The summed E-state index contributed by atoms with van der Waals surface area (Å²) in [5.41, 5.74) is 2.68. The SMILES string of the molecule is CC(C)(C)[C@H]1CCc2c(sc(NC(=O)c3ccccc3)c2C#N)C1. The van der Waals surface area contributed by atoms with Gasteiger partial charge in [-0.2, -0.15) is 5.26 Å². The molecule has 1 aromatic carbocycles. The zero-order chi connectivity index (χ0) is 17.3. The number of amides is 1. The van der Waals surface area contributed by atoms with Gasteiger partial charge in [0.2, 0.25) is 0 Å². The molecule has 4 heteroatoms. The minimum atomic E-state index is -0.155. The van der Waals surface area contributed by atoms with E-state index >= 15 is 0 Å². The van der Waals surface area contributed by atoms with Crippen LogP contribution in [0.4, 0.5) is 5.00 Å². The van der Waals surface area contributed by atoms with Crippen molar-refractivity contribution < 1.29 is 4.79 Å². The lowest BCUT2D eigenvalue weighted by atomic mass is 9.72. The highest BCUT2D eigenvalue weighted by atomic mass is 32.1. The first kappa shape index (κ1) is 16.7. The summed E-state index contributed by atoms with van der Waals surface area (Å²) in [4.78, 5) is 13.7. The molecule has 1 aliphatic carbocycles. The van der Waals surface area contributed by atoms with Gasteiger partial charge in [-0.1, -0.05) is 39.0 Å². The lowest BCUT2D eigenvalue weighted by molar-refractivity contribution is 0.102. The smallest absolute Gasteiger partial charge is 0.256 e. The number of benzene rings is 1. The second-order valence-corrected chi connectivity index (χ2v) is 8.55. The van der Waals surface area contributed by atoms with E-state index in [4.69, 9.17) is 0 Å². The zero-order valence-corrected chi connectivity index (χ0v) is 15.2. The van der Waals surface area contributed by atoms with Crippen molar-refractivity contribution in [1.82, 2.24) is 0 Å². The Hall–Kier alpha value is -2.12. The molecule has 3 nitrogen and oxygen atoms in total. The van der Waals surface area contributed by atoms with Crippen LogP contribution in [0.25, 0.3) is 0 Å². The van der Waals surface area contributed by atoms with Gasteiger partial charge >= 0.3 is 0 Å². The summed E-state index contributed by atoms with van der Waals surface area (Å²) in [6.45, 7) is 6.83. The van der Waals surface area contributed by atoms with Crippen LogP contribution in [0.1, 0.15) is 53.6 Å². The van der Waals surface area contributed by atoms with Gasteiger partial charge in [0.05, 0.1) is 5.56 Å². The van der Waals surface area contributed by atoms with Crippen LogP contribution in [0, 0.1) is 22.7 Å². The fourth-order valence-corrected chi connectivity index (χ4v) is 4.57. The van der Waals surface area contributed by atoms with E-state index in [9.17, 15) is 10.1 Å². The number of nitriles is 1. The molecule has 0 spiro atoms. The fourth-order valence-electron chi connectivity index (χ4n) is 3.30. The molecule has 0 unspecified atom stereocenters. The number of carbonyl (C=O) groups is 1. The van der Waals surface area contributed by atoms with Crippen molar-refractivity contribution >= 4 is 22.2 Å². The molecule has 1 heterocycles. The Bertz CT molecular complexity index is 794. The van der Waals surface area contributed by atoms with Gasteiger partial charge in [-0.3, -0.25) is 4.79 Å². The molecule has 1 atom stereocenters. The lowest BCUT2D eigenvalue weighted by Gasteiger charge is -2.33. The van der Waals surface area contributed by atoms with Crippen LogP contribution in [0.15, 0.2) is 30.3 Å². The molecule has 0 aliphatic heterocycles. The molecule has 124 valence electrons. The highest BCUT2D eigenvalue weighted by Gasteiger charge is 2.32. The molecule has 0 bridgehead atoms. The molecule has 0 saturated carbocycles. The van der Waals surface area contributed by atoms with Crippen molar-refractivity contribution in [2.24, 2.45) is 11.3 Å². The molecular weight excluding hydrogens is 316 g/mol. The number of nitrogens with one attached hydrogen (secondary N) is 1. The van der Waals surface area contributed by atoms with Crippen molar-refractivity contribution in [2.75, 3.05) is 5.32 Å². The average molecular weight is 338 g/mol. The predicted molar refractivity (Wildman–Crippen MR) is 98.4 cm³/mol. The first-order valence-electron chi connectivity index (χ1n) is 8.31. The quantitative estimate of drug-likeness (QED) is 0.835. The summed E-state index contributed by atoms with van der Waals surface area (Å²) in [5, 5.41) is 13.2. The van der Waals surface area contributed by atoms with Crippen LogP contribution in [-0.2, 0) is 12.8 Å². The van der Waals surface area contributed by atoms with Crippen molar-refractivity contribution in [1.29, 1.82) is 5.26 Å². The second kappa shape index (κ2) is 6.41. The fraction of sp³-hybridized carbons (Fsp3) is 0.400. The topological polar surface area (TPSA) is 52.9 Å². The Morgan fingerprint density at radius 1 is 1.29 bits per heavy atom. The van der Waals surface area contributed by atoms with Crippen molar-refractivity contribution in [2.45, 2.75) is 40.0 Å². The maximum Gasteiger partial charge on any atom is 0.256 e. The van der Waals surface area contributed by atoms with Gasteiger partial charge < -0.3 is 5.32 Å². The van der Waals surface area contributed by atoms with Gasteiger partial charge in [0.15, 0.2) is 0 Å². The Labute approximate surface area is 147 Å². The normalized spacial score (nSPS) is 17.0. The molecule has 1 amide bonds. The first-order chi connectivity index (χ1) is 11.4. The van der Waals surface area contributed by atoms with E-state index in [0.29, 0.717) is 22.0 Å². The maximum atomic E-state index is 12.4. The lowest BCUT2D eigenvalue weighted by Crippen LogP contribution is -2.26. The third-order valence-corrected chi connectivity index (χ3v) is 6.03. The zero-order valence-electron chi connectivity index (χ0n) is 14.3. The van der Waals surface area contributed by atoms with Gasteiger partial charge in [0.25, 0.3) is 5.91 Å². The predicted octanol–water partition coefficient (Wildman–Crippen LogP) is 5.02. The molecule has 1 aliphatic rings. The van der Waals surface area contributed by atoms with Crippen molar-refractivity contribution in [3.05, 3.63) is 51.9 Å². The Balaban J connectivity index is 1.87. The molecular formula is C20H22N2OS. The van der Waals surface area contributed by atoms with E-state index < -0.39 is 0 Å². The summed E-state index contributed by atoms with van der Waals surface area (Å²) in [5.74, 6) is 0.464. The van der Waals surface area contributed by atoms with E-state index in [2.05, 4.69) is 32.2 Å². The van der Waals surface area contributed by atoms with E-state index in [1.807, 2.05) is 18.2 Å². The Morgan fingerprint density at radius 2 is 2.00 bits per heavy atom. The molecule has 0 saturated heterocycles. The van der Waals surface area contributed by atoms with Crippen molar-refractivity contribution in [3.8, 4) is 6.07 Å². The molecule has 1 aromatic heterocycles. The number of hydrogen-bond donors (Lipinski definition) is 1. The minimum Gasteiger partial charge on any atom is -0.312 e. The molecule has 0 fully saturated rings. The number of thiophene rings is 1. The van der Waals surface area contributed by atoms with Crippen molar-refractivity contribution in [3.63, 3.8) is 0 Å². The summed E-state index contributed by atoms with van der Waals surface area (Å²) in [6, 6.07) is 11.4. The summed E-state index contributed by atoms with van der Waals surface area (Å²) in [7, 11) is 0. The van der Waals surface area contributed by atoms with Crippen LogP contribution >= 0.6 is 11.3 Å². The highest BCUT2D eigenvalue weighted by Crippen LogP contribution is 2.44. The third kappa shape index (κ3) is 3.22. The first-order valence-corrected chi connectivity index (χ1v) is 9.13. The number of anilines is 1. The van der Waals surface area contributed by atoms with E-state index in [-0.39, 0.29) is 11.3 Å². The van der Waals surface area contributed by atoms with Crippen LogP contribution < -0.4 is 5.32 Å². The molecule has 3 rings (SSSR count). The van der Waals surface area contributed by atoms with Gasteiger partial charge in [0, 0.05) is 10.4 Å². The molecule has 0 radical (unpaired) electrons. The number of carbonyl (C=O) groups excluding carboxylic acids is 1. The van der Waals surface area contributed by atoms with E-state index in [0.717, 1.165) is 24.8 Å². The summed E-state index contributed by atoms with van der Waals surface area (Å²) >= 11 is 1.57. The van der Waals surface area contributed by atoms with E-state index in [1.165, 1.54) is 4.88 Å². The average Bonchev–Trinajstić information content (AvgIpc) is 2.90. The summed E-state index contributed by atoms with van der Waals surface area (Å²) in [6.07, 6.45) is 3.03. The maximum absolute atomic E-state index is 12.4. The van der Waals surface area contributed by atoms with Crippen LogP contribution in [0.3, 0.4) is 0 Å². The molecule has 2 aromatic rings. The van der Waals surface area contributed by atoms with Crippen LogP contribution in [-0.4, -0.2) is 5.91 Å². The van der Waals surface area contributed by atoms with Crippen LogP contribution in [0.2, 0.25) is 0 Å². The van der Waals surface area contributed by atoms with Gasteiger partial charge in [-0.05, 0) is 48.3 Å². The van der Waals surface area contributed by atoms with Gasteiger partial charge in [-0.25, -0.2) is 0 Å². The van der Waals surface area contributed by atoms with E-state index in [1.54, 1.807) is 23.5 Å².